The summed E-state index contributed by atoms with van der Waals surface area (Å²) in [5.41, 5.74) is 3.13. The van der Waals surface area contributed by atoms with Gasteiger partial charge in [0, 0.05) is 49.4 Å². The molecule has 1 aliphatic heterocycles. The average molecular weight is 368 g/mol. The third-order valence-corrected chi connectivity index (χ3v) is 5.02. The van der Waals surface area contributed by atoms with Crippen LogP contribution in [-0.4, -0.2) is 34.2 Å². The Hall–Kier alpha value is -2.57. The number of benzene rings is 2. The molecule has 3 aromatic rings. The number of hydrogen-bond donors (Lipinski definition) is 2. The maximum atomic E-state index is 14.1. The van der Waals surface area contributed by atoms with Crippen molar-refractivity contribution in [3.05, 3.63) is 77.5 Å². The van der Waals surface area contributed by atoms with E-state index in [9.17, 15) is 8.78 Å². The fourth-order valence-corrected chi connectivity index (χ4v) is 3.61. The van der Waals surface area contributed by atoms with E-state index in [0.29, 0.717) is 23.8 Å². The summed E-state index contributed by atoms with van der Waals surface area (Å²) < 4.78 is 27.2. The minimum atomic E-state index is -0.588. The normalized spacial score (nSPS) is 17.5. The monoisotopic (exact) mass is 368 g/mol. The summed E-state index contributed by atoms with van der Waals surface area (Å²) in [5.74, 6) is -1.17. The molecule has 27 heavy (non-hydrogen) atoms. The number of H-pyrrole nitrogens is 1. The van der Waals surface area contributed by atoms with Crippen LogP contribution in [0.5, 0.6) is 0 Å². The van der Waals surface area contributed by atoms with E-state index in [2.05, 4.69) is 44.7 Å². The minimum absolute atomic E-state index is 0.336. The van der Waals surface area contributed by atoms with Crippen LogP contribution in [0.4, 0.5) is 8.78 Å². The molecule has 1 fully saturated rings. The summed E-state index contributed by atoms with van der Waals surface area (Å²) in [6.45, 7) is 3.58. The molecule has 0 spiro atoms. The van der Waals surface area contributed by atoms with Gasteiger partial charge in [0.1, 0.15) is 11.6 Å². The minimum Gasteiger partial charge on any atom is -0.308 e. The van der Waals surface area contributed by atoms with Crippen LogP contribution in [0.15, 0.2) is 54.7 Å². The number of aromatic nitrogens is 2. The lowest BCUT2D eigenvalue weighted by molar-refractivity contribution is 0.320. The van der Waals surface area contributed by atoms with Crippen LogP contribution in [0.3, 0.4) is 0 Å². The lowest BCUT2D eigenvalue weighted by atomic mass is 10.1. The molecule has 4 rings (SSSR count). The van der Waals surface area contributed by atoms with Crippen LogP contribution in [-0.2, 0) is 13.1 Å². The zero-order chi connectivity index (χ0) is 18.6. The van der Waals surface area contributed by atoms with Gasteiger partial charge in [-0.1, -0.05) is 30.3 Å². The Bertz CT molecular complexity index is 894. The molecule has 1 atom stereocenters. The molecule has 1 aromatic heterocycles. The van der Waals surface area contributed by atoms with Crippen molar-refractivity contribution in [2.45, 2.75) is 25.6 Å². The SMILES string of the molecule is Fc1ccc(-c2[nH]ncc2CN[C@H]2CCN(Cc3ccccc3)C2)c(F)c1. The van der Waals surface area contributed by atoms with Crippen LogP contribution in [0.2, 0.25) is 0 Å². The van der Waals surface area contributed by atoms with Gasteiger partial charge in [0.2, 0.25) is 0 Å². The maximum Gasteiger partial charge on any atom is 0.135 e. The molecule has 0 amide bonds. The second-order valence-corrected chi connectivity index (χ2v) is 6.98. The Morgan fingerprint density at radius 1 is 1.15 bits per heavy atom. The third-order valence-electron chi connectivity index (χ3n) is 5.02. The van der Waals surface area contributed by atoms with Crippen LogP contribution in [0.1, 0.15) is 17.5 Å². The van der Waals surface area contributed by atoms with E-state index in [4.69, 9.17) is 0 Å². The van der Waals surface area contributed by atoms with Gasteiger partial charge in [0.15, 0.2) is 0 Å². The van der Waals surface area contributed by atoms with E-state index in [1.165, 1.54) is 17.7 Å². The lowest BCUT2D eigenvalue weighted by Crippen LogP contribution is -2.32. The molecule has 0 saturated carbocycles. The topological polar surface area (TPSA) is 44.0 Å². The van der Waals surface area contributed by atoms with Crippen molar-refractivity contribution in [3.63, 3.8) is 0 Å². The second-order valence-electron chi connectivity index (χ2n) is 6.98. The van der Waals surface area contributed by atoms with Crippen molar-refractivity contribution in [3.8, 4) is 11.3 Å². The number of likely N-dealkylation sites (tertiary alicyclic amines) is 1. The van der Waals surface area contributed by atoms with Gasteiger partial charge >= 0.3 is 0 Å². The molecule has 2 aromatic carbocycles. The highest BCUT2D eigenvalue weighted by Crippen LogP contribution is 2.25. The number of nitrogens with zero attached hydrogens (tertiary/aromatic N) is 2. The first-order chi connectivity index (χ1) is 13.2. The Balaban J connectivity index is 1.36. The summed E-state index contributed by atoms with van der Waals surface area (Å²) in [6.07, 6.45) is 2.77. The molecule has 0 unspecified atom stereocenters. The van der Waals surface area contributed by atoms with Crippen LogP contribution < -0.4 is 5.32 Å². The Labute approximate surface area is 157 Å². The van der Waals surface area contributed by atoms with Crippen molar-refractivity contribution in [1.29, 1.82) is 0 Å². The van der Waals surface area contributed by atoms with Crippen LogP contribution >= 0.6 is 0 Å². The number of hydrogen-bond acceptors (Lipinski definition) is 3. The van der Waals surface area contributed by atoms with E-state index >= 15 is 0 Å². The molecule has 2 heterocycles. The van der Waals surface area contributed by atoms with E-state index in [0.717, 1.165) is 37.7 Å². The molecule has 1 saturated heterocycles. The Morgan fingerprint density at radius 2 is 2.00 bits per heavy atom. The molecule has 0 bridgehead atoms. The zero-order valence-electron chi connectivity index (χ0n) is 15.0. The first-order valence-corrected chi connectivity index (χ1v) is 9.16. The van der Waals surface area contributed by atoms with Crippen LogP contribution in [0.25, 0.3) is 11.3 Å². The summed E-state index contributed by atoms with van der Waals surface area (Å²) in [5, 5.41) is 10.4. The van der Waals surface area contributed by atoms with Crippen molar-refractivity contribution >= 4 is 0 Å². The van der Waals surface area contributed by atoms with Gasteiger partial charge in [-0.25, -0.2) is 8.78 Å². The standard InChI is InChI=1S/C21H22F2N4/c22-17-6-7-19(20(23)10-17)21-16(12-25-26-21)11-24-18-8-9-27(14-18)13-15-4-2-1-3-5-15/h1-7,10,12,18,24H,8-9,11,13-14H2,(H,25,26)/t18-/m0/s1. The van der Waals surface area contributed by atoms with Crippen molar-refractivity contribution < 1.29 is 8.78 Å². The second kappa shape index (κ2) is 7.98. The van der Waals surface area contributed by atoms with Gasteiger partial charge in [-0.2, -0.15) is 5.10 Å². The molecule has 0 radical (unpaired) electrons. The van der Waals surface area contributed by atoms with Crippen molar-refractivity contribution in [2.75, 3.05) is 13.1 Å². The van der Waals surface area contributed by atoms with Crippen LogP contribution in [0, 0.1) is 11.6 Å². The van der Waals surface area contributed by atoms with Gasteiger partial charge in [-0.3, -0.25) is 10.00 Å². The van der Waals surface area contributed by atoms with Gasteiger partial charge < -0.3 is 5.32 Å². The summed E-state index contributed by atoms with van der Waals surface area (Å²) >= 11 is 0. The predicted molar refractivity (Wildman–Crippen MR) is 101 cm³/mol. The molecule has 0 aliphatic carbocycles. The number of halogens is 2. The Morgan fingerprint density at radius 3 is 2.81 bits per heavy atom. The van der Waals surface area contributed by atoms with E-state index in [-0.39, 0.29) is 0 Å². The van der Waals surface area contributed by atoms with E-state index < -0.39 is 11.6 Å². The fourth-order valence-electron chi connectivity index (χ4n) is 3.61. The lowest BCUT2D eigenvalue weighted by Gasteiger charge is -2.17. The number of nitrogens with one attached hydrogen (secondary N) is 2. The van der Waals surface area contributed by atoms with Crippen molar-refractivity contribution in [1.82, 2.24) is 20.4 Å². The third kappa shape index (κ3) is 4.23. The number of rotatable bonds is 6. The molecule has 4 nitrogen and oxygen atoms in total. The molecule has 140 valence electrons. The molecule has 6 heteroatoms. The highest BCUT2D eigenvalue weighted by molar-refractivity contribution is 5.63. The molecular weight excluding hydrogens is 346 g/mol. The summed E-state index contributed by atoms with van der Waals surface area (Å²) in [4.78, 5) is 2.43. The zero-order valence-corrected chi connectivity index (χ0v) is 15.0. The Kier molecular flexibility index (Phi) is 5.27. The molecular formula is C21H22F2N4. The summed E-state index contributed by atoms with van der Waals surface area (Å²) in [6, 6.07) is 14.4. The average Bonchev–Trinajstić information content (AvgIpc) is 3.30. The van der Waals surface area contributed by atoms with E-state index in [1.807, 2.05) is 6.07 Å². The first kappa shape index (κ1) is 17.8. The summed E-state index contributed by atoms with van der Waals surface area (Å²) in [7, 11) is 0. The predicted octanol–water partition coefficient (Wildman–Crippen LogP) is 3.72. The number of aromatic amines is 1. The van der Waals surface area contributed by atoms with Crippen molar-refractivity contribution in [2.24, 2.45) is 0 Å². The fraction of sp³-hybridized carbons (Fsp3) is 0.286. The highest BCUT2D eigenvalue weighted by atomic mass is 19.1. The van der Waals surface area contributed by atoms with Gasteiger partial charge in [0.05, 0.1) is 11.9 Å². The largest absolute Gasteiger partial charge is 0.308 e. The maximum absolute atomic E-state index is 14.1. The molecule has 2 N–H and O–H groups in total. The quantitative estimate of drug-likeness (QED) is 0.697. The smallest absolute Gasteiger partial charge is 0.135 e. The molecule has 1 aliphatic rings. The first-order valence-electron chi connectivity index (χ1n) is 9.16. The van der Waals surface area contributed by atoms with Gasteiger partial charge in [-0.15, -0.1) is 0 Å². The van der Waals surface area contributed by atoms with Gasteiger partial charge in [-0.05, 0) is 24.1 Å². The van der Waals surface area contributed by atoms with Gasteiger partial charge in [0.25, 0.3) is 0 Å². The van der Waals surface area contributed by atoms with E-state index in [1.54, 1.807) is 6.20 Å². The highest BCUT2D eigenvalue weighted by Gasteiger charge is 2.22.